The van der Waals surface area contributed by atoms with Crippen molar-refractivity contribution < 1.29 is 23.8 Å². The molecule has 3 heterocycles. The first-order chi connectivity index (χ1) is 14.0. The van der Waals surface area contributed by atoms with Crippen LogP contribution in [-0.4, -0.2) is 51.4 Å². The third-order valence-corrected chi connectivity index (χ3v) is 5.39. The molecule has 1 aliphatic heterocycles. The highest BCUT2D eigenvalue weighted by molar-refractivity contribution is 6.07. The molecule has 0 spiro atoms. The number of amides is 1. The second kappa shape index (κ2) is 7.84. The molecular formula is C20H24N4O5. The molecule has 0 saturated carbocycles. The van der Waals surface area contributed by atoms with E-state index in [4.69, 9.17) is 13.9 Å². The smallest absolute Gasteiger partial charge is 0.255 e. The van der Waals surface area contributed by atoms with Gasteiger partial charge in [-0.2, -0.15) is 0 Å². The summed E-state index contributed by atoms with van der Waals surface area (Å²) < 4.78 is 18.6. The van der Waals surface area contributed by atoms with Gasteiger partial charge >= 0.3 is 0 Å². The first-order valence-electron chi connectivity index (χ1n) is 9.52. The Morgan fingerprint density at radius 1 is 1.38 bits per heavy atom. The molecule has 29 heavy (non-hydrogen) atoms. The number of furan rings is 1. The van der Waals surface area contributed by atoms with Crippen LogP contribution >= 0.6 is 0 Å². The SMILES string of the molecule is Cc1oc2ccc(OCc3cnnn3C)cc2c1C(=O)NC1(CO)CCOCC1. The van der Waals surface area contributed by atoms with E-state index >= 15 is 0 Å². The zero-order chi connectivity index (χ0) is 20.4. The van der Waals surface area contributed by atoms with E-state index in [1.807, 2.05) is 0 Å². The minimum absolute atomic E-state index is 0.135. The summed E-state index contributed by atoms with van der Waals surface area (Å²) in [5.74, 6) is 0.854. The van der Waals surface area contributed by atoms with Gasteiger partial charge in [0.25, 0.3) is 5.91 Å². The van der Waals surface area contributed by atoms with E-state index in [2.05, 4.69) is 15.6 Å². The van der Waals surface area contributed by atoms with Gasteiger partial charge in [-0.1, -0.05) is 5.21 Å². The first kappa shape index (κ1) is 19.4. The summed E-state index contributed by atoms with van der Waals surface area (Å²) in [6.07, 6.45) is 2.77. The van der Waals surface area contributed by atoms with Gasteiger partial charge in [0.15, 0.2) is 0 Å². The zero-order valence-corrected chi connectivity index (χ0v) is 16.5. The molecule has 0 unspecified atom stereocenters. The lowest BCUT2D eigenvalue weighted by Gasteiger charge is -2.36. The van der Waals surface area contributed by atoms with Crippen LogP contribution in [0.1, 0.15) is 34.7 Å². The maximum Gasteiger partial charge on any atom is 0.255 e. The number of hydrogen-bond donors (Lipinski definition) is 2. The Kier molecular flexibility index (Phi) is 5.25. The van der Waals surface area contributed by atoms with Gasteiger partial charge in [0.05, 0.1) is 29.6 Å². The average molecular weight is 400 g/mol. The molecule has 0 aliphatic carbocycles. The number of aliphatic hydroxyl groups is 1. The summed E-state index contributed by atoms with van der Waals surface area (Å²) in [7, 11) is 1.80. The first-order valence-corrected chi connectivity index (χ1v) is 9.52. The second-order valence-electron chi connectivity index (χ2n) is 7.33. The minimum Gasteiger partial charge on any atom is -0.487 e. The van der Waals surface area contributed by atoms with Crippen LogP contribution in [-0.2, 0) is 18.4 Å². The molecule has 9 nitrogen and oxygen atoms in total. The fourth-order valence-electron chi connectivity index (χ4n) is 3.56. The number of nitrogens with zero attached hydrogens (tertiary/aromatic N) is 3. The highest BCUT2D eigenvalue weighted by Gasteiger charge is 2.35. The van der Waals surface area contributed by atoms with Crippen molar-refractivity contribution in [1.29, 1.82) is 0 Å². The molecular weight excluding hydrogens is 376 g/mol. The number of rotatable bonds is 6. The number of aliphatic hydroxyl groups excluding tert-OH is 1. The van der Waals surface area contributed by atoms with Gasteiger partial charge < -0.3 is 24.3 Å². The highest BCUT2D eigenvalue weighted by atomic mass is 16.5. The Hall–Kier alpha value is -2.91. The zero-order valence-electron chi connectivity index (χ0n) is 16.5. The van der Waals surface area contributed by atoms with Gasteiger partial charge in [-0.25, -0.2) is 4.68 Å². The molecule has 2 aromatic heterocycles. The number of ether oxygens (including phenoxy) is 2. The molecule has 1 fully saturated rings. The highest BCUT2D eigenvalue weighted by Crippen LogP contribution is 2.30. The Labute approximate surface area is 167 Å². The molecule has 3 aromatic rings. The van der Waals surface area contributed by atoms with Crippen LogP contribution < -0.4 is 10.1 Å². The van der Waals surface area contributed by atoms with Gasteiger partial charge in [-0.05, 0) is 38.0 Å². The molecule has 1 aromatic carbocycles. The van der Waals surface area contributed by atoms with Crippen molar-refractivity contribution in [3.05, 3.63) is 41.4 Å². The Morgan fingerprint density at radius 2 is 2.17 bits per heavy atom. The van der Waals surface area contributed by atoms with E-state index in [9.17, 15) is 9.90 Å². The lowest BCUT2D eigenvalue weighted by Crippen LogP contribution is -2.54. The normalized spacial score (nSPS) is 16.1. The molecule has 154 valence electrons. The number of benzene rings is 1. The van der Waals surface area contributed by atoms with Crippen LogP contribution in [0.15, 0.2) is 28.8 Å². The van der Waals surface area contributed by atoms with Gasteiger partial charge in [0.1, 0.15) is 23.7 Å². The summed E-state index contributed by atoms with van der Waals surface area (Å²) in [6.45, 7) is 2.94. The quantitative estimate of drug-likeness (QED) is 0.648. The van der Waals surface area contributed by atoms with Crippen molar-refractivity contribution in [3.8, 4) is 5.75 Å². The summed E-state index contributed by atoms with van der Waals surface area (Å²) in [5.41, 5.74) is 1.21. The van der Waals surface area contributed by atoms with Crippen molar-refractivity contribution in [3.63, 3.8) is 0 Å². The van der Waals surface area contributed by atoms with Crippen LogP contribution in [0, 0.1) is 6.92 Å². The molecule has 0 radical (unpaired) electrons. The van der Waals surface area contributed by atoms with Crippen molar-refractivity contribution in [2.24, 2.45) is 7.05 Å². The lowest BCUT2D eigenvalue weighted by atomic mass is 9.90. The van der Waals surface area contributed by atoms with Gasteiger partial charge in [0, 0.05) is 25.6 Å². The van der Waals surface area contributed by atoms with E-state index in [-0.39, 0.29) is 12.5 Å². The molecule has 2 N–H and O–H groups in total. The Bertz CT molecular complexity index is 1020. The van der Waals surface area contributed by atoms with Crippen LogP contribution in [0.3, 0.4) is 0 Å². The molecule has 1 amide bonds. The topological polar surface area (TPSA) is 112 Å². The summed E-state index contributed by atoms with van der Waals surface area (Å²) in [4.78, 5) is 13.1. The fraction of sp³-hybridized carbons (Fsp3) is 0.450. The summed E-state index contributed by atoms with van der Waals surface area (Å²) in [6, 6.07) is 5.37. The van der Waals surface area contributed by atoms with Crippen molar-refractivity contribution in [2.45, 2.75) is 31.9 Å². The molecule has 0 bridgehead atoms. The molecule has 0 atom stereocenters. The summed E-state index contributed by atoms with van der Waals surface area (Å²) >= 11 is 0. The molecule has 4 rings (SSSR count). The van der Waals surface area contributed by atoms with Gasteiger partial charge in [0.2, 0.25) is 0 Å². The van der Waals surface area contributed by atoms with E-state index in [0.29, 0.717) is 60.7 Å². The predicted octanol–water partition coefficient (Wildman–Crippen LogP) is 1.72. The van der Waals surface area contributed by atoms with E-state index in [0.717, 1.165) is 5.69 Å². The van der Waals surface area contributed by atoms with E-state index in [1.165, 1.54) is 0 Å². The van der Waals surface area contributed by atoms with Crippen molar-refractivity contribution in [2.75, 3.05) is 19.8 Å². The number of carbonyl (C=O) groups is 1. The maximum atomic E-state index is 13.1. The van der Waals surface area contributed by atoms with E-state index < -0.39 is 5.54 Å². The second-order valence-corrected chi connectivity index (χ2v) is 7.33. The fourth-order valence-corrected chi connectivity index (χ4v) is 3.56. The molecule has 1 aliphatic rings. The summed E-state index contributed by atoms with van der Waals surface area (Å²) in [5, 5.41) is 21.3. The third-order valence-electron chi connectivity index (χ3n) is 5.39. The standard InChI is InChI=1S/C20H24N4O5/c1-13-18(19(26)22-20(12-25)5-7-27-8-6-20)16-9-15(3-4-17(16)29-13)28-11-14-10-21-23-24(14)2/h3-4,9-10,25H,5-8,11-12H2,1-2H3,(H,22,26). The monoisotopic (exact) mass is 400 g/mol. The number of carbonyl (C=O) groups excluding carboxylic acids is 1. The average Bonchev–Trinajstić information content (AvgIpc) is 3.28. The molecule has 1 saturated heterocycles. The molecule has 9 heteroatoms. The van der Waals surface area contributed by atoms with Crippen LogP contribution in [0.4, 0.5) is 0 Å². The third kappa shape index (κ3) is 3.83. The predicted molar refractivity (Wildman–Crippen MR) is 104 cm³/mol. The Morgan fingerprint density at radius 3 is 2.86 bits per heavy atom. The maximum absolute atomic E-state index is 13.1. The van der Waals surface area contributed by atoms with Gasteiger partial charge in [-0.15, -0.1) is 5.10 Å². The van der Waals surface area contributed by atoms with Crippen molar-refractivity contribution in [1.82, 2.24) is 20.3 Å². The lowest BCUT2D eigenvalue weighted by molar-refractivity contribution is 0.0125. The number of aryl methyl sites for hydroxylation is 2. The number of nitrogens with one attached hydrogen (secondary N) is 1. The Balaban J connectivity index is 1.59. The number of aromatic nitrogens is 3. The number of hydrogen-bond acceptors (Lipinski definition) is 7. The number of fused-ring (bicyclic) bond motifs is 1. The largest absolute Gasteiger partial charge is 0.487 e. The minimum atomic E-state index is -0.675. The van der Waals surface area contributed by atoms with Crippen LogP contribution in [0.25, 0.3) is 11.0 Å². The van der Waals surface area contributed by atoms with Crippen LogP contribution in [0.2, 0.25) is 0 Å². The van der Waals surface area contributed by atoms with Gasteiger partial charge in [-0.3, -0.25) is 4.79 Å². The van der Waals surface area contributed by atoms with Crippen LogP contribution in [0.5, 0.6) is 5.75 Å². The van der Waals surface area contributed by atoms with E-state index in [1.54, 1.807) is 43.0 Å². The van der Waals surface area contributed by atoms with Crippen molar-refractivity contribution >= 4 is 16.9 Å².